The Bertz CT molecular complexity index is 733. The van der Waals surface area contributed by atoms with E-state index in [0.29, 0.717) is 30.5 Å². The molecule has 6 heteroatoms. The van der Waals surface area contributed by atoms with E-state index in [9.17, 15) is 4.79 Å². The number of nitrogens with zero attached hydrogens (tertiary/aromatic N) is 2. The Labute approximate surface area is 141 Å². The molecule has 1 aliphatic heterocycles. The van der Waals surface area contributed by atoms with Crippen LogP contribution in [-0.4, -0.2) is 35.1 Å². The zero-order valence-electron chi connectivity index (χ0n) is 14.0. The molecule has 24 heavy (non-hydrogen) atoms. The highest BCUT2D eigenvalue weighted by Crippen LogP contribution is 2.24. The van der Waals surface area contributed by atoms with Crippen LogP contribution in [-0.2, 0) is 11.2 Å². The van der Waals surface area contributed by atoms with Gasteiger partial charge in [0.05, 0.1) is 24.8 Å². The van der Waals surface area contributed by atoms with Crippen LogP contribution in [0, 0.1) is 19.8 Å². The number of amides is 1. The number of ether oxygens (including phenoxy) is 1. The van der Waals surface area contributed by atoms with Crippen LogP contribution in [0.2, 0.25) is 0 Å². The molecule has 6 nitrogen and oxygen atoms in total. The van der Waals surface area contributed by atoms with Crippen molar-refractivity contribution >= 4 is 11.7 Å². The Balaban J connectivity index is 1.79. The maximum absolute atomic E-state index is 11.7. The van der Waals surface area contributed by atoms with Crippen LogP contribution in [0.25, 0.3) is 0 Å². The largest absolute Gasteiger partial charge is 0.379 e. The van der Waals surface area contributed by atoms with Crippen molar-refractivity contribution in [2.45, 2.75) is 26.3 Å². The Morgan fingerprint density at radius 2 is 2.08 bits per heavy atom. The average molecular weight is 326 g/mol. The molecule has 0 bridgehead atoms. The van der Waals surface area contributed by atoms with Crippen LogP contribution in [0.1, 0.15) is 27.2 Å². The molecule has 3 N–H and O–H groups in total. The summed E-state index contributed by atoms with van der Waals surface area (Å²) in [5.41, 5.74) is 8.98. The molecule has 3 rings (SSSR count). The first kappa shape index (κ1) is 16.4. The van der Waals surface area contributed by atoms with E-state index in [1.807, 2.05) is 26.0 Å². The van der Waals surface area contributed by atoms with Crippen molar-refractivity contribution in [3.63, 3.8) is 0 Å². The molecule has 2 aromatic rings. The number of hydrogen-bond donors (Lipinski definition) is 2. The quantitative estimate of drug-likeness (QED) is 0.875. The van der Waals surface area contributed by atoms with E-state index in [1.165, 1.54) is 5.56 Å². The number of aromatic nitrogens is 2. The summed E-state index contributed by atoms with van der Waals surface area (Å²) in [6.45, 7) is 5.10. The van der Waals surface area contributed by atoms with Gasteiger partial charge in [0.1, 0.15) is 5.82 Å². The predicted octanol–water partition coefficient (Wildman–Crippen LogP) is 1.86. The smallest absolute Gasteiger partial charge is 0.252 e. The number of pyridine rings is 2. The summed E-state index contributed by atoms with van der Waals surface area (Å²) in [4.78, 5) is 20.3. The van der Waals surface area contributed by atoms with Gasteiger partial charge in [-0.2, -0.15) is 0 Å². The Hall–Kier alpha value is -2.47. The van der Waals surface area contributed by atoms with Gasteiger partial charge in [-0.15, -0.1) is 0 Å². The fourth-order valence-corrected chi connectivity index (χ4v) is 2.96. The van der Waals surface area contributed by atoms with Crippen LogP contribution < -0.4 is 11.1 Å². The molecule has 0 unspecified atom stereocenters. The summed E-state index contributed by atoms with van der Waals surface area (Å²) in [6, 6.07) is 5.91. The molecule has 0 aliphatic carbocycles. The Kier molecular flexibility index (Phi) is 4.76. The number of nitrogens with two attached hydrogens (primary N) is 1. The monoisotopic (exact) mass is 326 g/mol. The van der Waals surface area contributed by atoms with Crippen molar-refractivity contribution in [2.24, 2.45) is 11.7 Å². The molecule has 1 amide bonds. The van der Waals surface area contributed by atoms with Crippen LogP contribution in [0.3, 0.4) is 0 Å². The van der Waals surface area contributed by atoms with Crippen molar-refractivity contribution in [3.8, 4) is 0 Å². The number of nitrogens with one attached hydrogen (secondary N) is 1. The number of anilines is 1. The van der Waals surface area contributed by atoms with Crippen LogP contribution in [0.5, 0.6) is 0 Å². The van der Waals surface area contributed by atoms with E-state index in [1.54, 1.807) is 18.5 Å². The summed E-state index contributed by atoms with van der Waals surface area (Å²) in [6.07, 6.45) is 4.48. The average Bonchev–Trinajstić information content (AvgIpc) is 2.98. The highest BCUT2D eigenvalue weighted by molar-refractivity contribution is 5.97. The zero-order chi connectivity index (χ0) is 17.1. The van der Waals surface area contributed by atoms with E-state index in [4.69, 9.17) is 10.5 Å². The first-order valence-electron chi connectivity index (χ1n) is 8.06. The van der Waals surface area contributed by atoms with Gasteiger partial charge in [-0.3, -0.25) is 9.78 Å². The van der Waals surface area contributed by atoms with Gasteiger partial charge in [0.25, 0.3) is 5.91 Å². The third-order valence-electron chi connectivity index (χ3n) is 4.50. The lowest BCUT2D eigenvalue weighted by Gasteiger charge is -2.21. The maximum Gasteiger partial charge on any atom is 0.252 e. The lowest BCUT2D eigenvalue weighted by molar-refractivity contribution is 0.100. The topological polar surface area (TPSA) is 90.1 Å². The van der Waals surface area contributed by atoms with E-state index >= 15 is 0 Å². The molecule has 0 aromatic carbocycles. The molecule has 126 valence electrons. The number of aryl methyl sites for hydroxylation is 2. The minimum Gasteiger partial charge on any atom is -0.379 e. The van der Waals surface area contributed by atoms with Crippen LogP contribution in [0.4, 0.5) is 5.82 Å². The van der Waals surface area contributed by atoms with Crippen molar-refractivity contribution < 1.29 is 9.53 Å². The van der Waals surface area contributed by atoms with Crippen LogP contribution >= 0.6 is 0 Å². The minimum atomic E-state index is -0.474. The lowest BCUT2D eigenvalue weighted by Crippen LogP contribution is -2.31. The van der Waals surface area contributed by atoms with Gasteiger partial charge in [0.2, 0.25) is 0 Å². The number of carbonyl (C=O) groups is 1. The molecule has 0 radical (unpaired) electrons. The summed E-state index contributed by atoms with van der Waals surface area (Å²) >= 11 is 0. The second-order valence-electron chi connectivity index (χ2n) is 6.26. The van der Waals surface area contributed by atoms with Crippen molar-refractivity contribution in [1.82, 2.24) is 9.97 Å². The number of hydrogen-bond acceptors (Lipinski definition) is 5. The molecule has 2 aromatic heterocycles. The first-order valence-corrected chi connectivity index (χ1v) is 8.06. The van der Waals surface area contributed by atoms with Gasteiger partial charge in [-0.25, -0.2) is 4.98 Å². The Morgan fingerprint density at radius 3 is 2.79 bits per heavy atom. The normalized spacial score (nSPS) is 20.1. The molecule has 1 fully saturated rings. The fourth-order valence-electron chi connectivity index (χ4n) is 2.96. The zero-order valence-corrected chi connectivity index (χ0v) is 14.0. The third-order valence-corrected chi connectivity index (χ3v) is 4.50. The molecule has 1 aliphatic rings. The summed E-state index contributed by atoms with van der Waals surface area (Å²) < 4.78 is 5.65. The van der Waals surface area contributed by atoms with Gasteiger partial charge in [0.15, 0.2) is 0 Å². The summed E-state index contributed by atoms with van der Waals surface area (Å²) in [5, 5.41) is 3.38. The summed E-state index contributed by atoms with van der Waals surface area (Å²) in [7, 11) is 0. The Morgan fingerprint density at radius 1 is 1.33 bits per heavy atom. The van der Waals surface area contributed by atoms with E-state index < -0.39 is 5.91 Å². The van der Waals surface area contributed by atoms with E-state index in [2.05, 4.69) is 15.3 Å². The second-order valence-corrected chi connectivity index (χ2v) is 6.26. The number of primary amides is 1. The second kappa shape index (κ2) is 6.97. The lowest BCUT2D eigenvalue weighted by atomic mass is 9.95. The highest BCUT2D eigenvalue weighted by Gasteiger charge is 2.29. The molecule has 0 saturated carbocycles. The summed E-state index contributed by atoms with van der Waals surface area (Å²) in [5.74, 6) is 0.370. The first-order chi connectivity index (χ1) is 11.5. The van der Waals surface area contributed by atoms with E-state index in [0.717, 1.165) is 17.7 Å². The fraction of sp³-hybridized carbons (Fsp3) is 0.389. The van der Waals surface area contributed by atoms with Crippen molar-refractivity contribution in [1.29, 1.82) is 0 Å². The molecule has 0 spiro atoms. The van der Waals surface area contributed by atoms with Gasteiger partial charge in [-0.05, 0) is 49.6 Å². The van der Waals surface area contributed by atoms with Gasteiger partial charge in [0, 0.05) is 24.0 Å². The molecule has 3 heterocycles. The predicted molar refractivity (Wildman–Crippen MR) is 91.9 cm³/mol. The third kappa shape index (κ3) is 3.54. The van der Waals surface area contributed by atoms with Gasteiger partial charge >= 0.3 is 0 Å². The molecule has 2 atom stereocenters. The van der Waals surface area contributed by atoms with Crippen molar-refractivity contribution in [2.75, 3.05) is 18.5 Å². The minimum absolute atomic E-state index is 0.0888. The number of carbonyl (C=O) groups excluding carboxylic acids is 1. The maximum atomic E-state index is 11.7. The van der Waals surface area contributed by atoms with Gasteiger partial charge in [-0.1, -0.05) is 0 Å². The SMILES string of the molecule is Cc1cc(C(N)=O)c(N[C@@H]2COC[C@H]2Cc2ccncc2)nc1C. The van der Waals surface area contributed by atoms with Crippen LogP contribution in [0.15, 0.2) is 30.6 Å². The van der Waals surface area contributed by atoms with E-state index in [-0.39, 0.29) is 6.04 Å². The standard InChI is InChI=1S/C18H22N4O2/c1-11-7-15(17(19)23)18(21-12(11)2)22-16-10-24-9-14(16)8-13-3-5-20-6-4-13/h3-7,14,16H,8-10H2,1-2H3,(H2,19,23)(H,21,22)/t14-,16-/m1/s1. The van der Waals surface area contributed by atoms with Crippen molar-refractivity contribution in [3.05, 3.63) is 53.0 Å². The molecule has 1 saturated heterocycles. The molecular weight excluding hydrogens is 304 g/mol. The van der Waals surface area contributed by atoms with Gasteiger partial charge < -0.3 is 15.8 Å². The highest BCUT2D eigenvalue weighted by atomic mass is 16.5. The molecular formula is C18H22N4O2. The number of rotatable bonds is 5.